The Morgan fingerprint density at radius 2 is 2.00 bits per heavy atom. The van der Waals surface area contributed by atoms with E-state index in [0.717, 1.165) is 46.0 Å². The average Bonchev–Trinajstić information content (AvgIpc) is 2.87. The first-order valence-corrected chi connectivity index (χ1v) is 8.97. The highest BCUT2D eigenvalue weighted by Gasteiger charge is 2.18. The van der Waals surface area contributed by atoms with Crippen molar-refractivity contribution in [2.24, 2.45) is 5.73 Å². The third-order valence-corrected chi connectivity index (χ3v) is 4.87. The van der Waals surface area contributed by atoms with Crippen LogP contribution >= 0.6 is 39.1 Å². The topological polar surface area (TPSA) is 54.7 Å². The van der Waals surface area contributed by atoms with Gasteiger partial charge in [-0.2, -0.15) is 0 Å². The summed E-state index contributed by atoms with van der Waals surface area (Å²) in [5.74, 6) is 0. The van der Waals surface area contributed by atoms with E-state index >= 15 is 0 Å². The Bertz CT molecular complexity index is 845. The standard InChI is InChI=1S/C17H16BrCl2N3/c18-10-8-12-11(4-1-2-6-21)16(23-15(12)14(20)9-10)17-13(19)5-3-7-22-17/h3,5,7-9,23H,1-2,4,6,21H2. The Morgan fingerprint density at radius 1 is 1.17 bits per heavy atom. The van der Waals surface area contributed by atoms with Crippen molar-refractivity contribution < 1.29 is 0 Å². The van der Waals surface area contributed by atoms with Gasteiger partial charge in [0.15, 0.2) is 0 Å². The van der Waals surface area contributed by atoms with Gasteiger partial charge in [-0.25, -0.2) is 0 Å². The monoisotopic (exact) mass is 411 g/mol. The summed E-state index contributed by atoms with van der Waals surface area (Å²) in [6.45, 7) is 0.687. The van der Waals surface area contributed by atoms with E-state index in [1.807, 2.05) is 18.2 Å². The summed E-state index contributed by atoms with van der Waals surface area (Å²) in [5.41, 5.74) is 9.40. The lowest BCUT2D eigenvalue weighted by molar-refractivity contribution is 0.748. The van der Waals surface area contributed by atoms with Crippen LogP contribution in [0.25, 0.3) is 22.3 Å². The molecule has 0 radical (unpaired) electrons. The minimum atomic E-state index is 0.620. The van der Waals surface area contributed by atoms with Crippen LogP contribution in [0.15, 0.2) is 34.9 Å². The summed E-state index contributed by atoms with van der Waals surface area (Å²) in [5, 5.41) is 2.39. The Labute approximate surface area is 153 Å². The number of halogens is 3. The number of unbranched alkanes of at least 4 members (excludes halogenated alkanes) is 1. The molecule has 0 saturated carbocycles. The fourth-order valence-corrected chi connectivity index (χ4v) is 3.82. The fraction of sp³-hybridized carbons (Fsp3) is 0.235. The van der Waals surface area contributed by atoms with E-state index in [9.17, 15) is 0 Å². The normalized spacial score (nSPS) is 11.3. The number of pyridine rings is 1. The lowest BCUT2D eigenvalue weighted by Gasteiger charge is -2.06. The molecular formula is C17H16BrCl2N3. The molecule has 0 fully saturated rings. The van der Waals surface area contributed by atoms with Gasteiger partial charge in [0.05, 0.1) is 21.3 Å². The molecule has 6 heteroatoms. The molecule has 0 saturated heterocycles. The highest BCUT2D eigenvalue weighted by atomic mass is 79.9. The molecule has 0 unspecified atom stereocenters. The van der Waals surface area contributed by atoms with Gasteiger partial charge in [0, 0.05) is 16.1 Å². The van der Waals surface area contributed by atoms with Gasteiger partial charge in [0.1, 0.15) is 5.69 Å². The lowest BCUT2D eigenvalue weighted by atomic mass is 10.0. The van der Waals surface area contributed by atoms with Gasteiger partial charge in [-0.05, 0) is 55.6 Å². The molecule has 2 aromatic heterocycles. The molecule has 23 heavy (non-hydrogen) atoms. The minimum absolute atomic E-state index is 0.620. The Balaban J connectivity index is 2.21. The number of benzene rings is 1. The predicted octanol–water partition coefficient (Wildman–Crippen LogP) is 5.58. The molecule has 0 spiro atoms. The highest BCUT2D eigenvalue weighted by molar-refractivity contribution is 9.10. The number of nitrogens with zero attached hydrogens (tertiary/aromatic N) is 1. The number of aromatic amines is 1. The van der Waals surface area contributed by atoms with Crippen molar-refractivity contribution in [2.75, 3.05) is 6.54 Å². The zero-order valence-corrected chi connectivity index (χ0v) is 15.5. The number of aromatic nitrogens is 2. The number of rotatable bonds is 5. The molecule has 2 heterocycles. The van der Waals surface area contributed by atoms with E-state index in [2.05, 4.69) is 32.0 Å². The highest BCUT2D eigenvalue weighted by Crippen LogP contribution is 2.38. The molecule has 3 rings (SSSR count). The zero-order chi connectivity index (χ0) is 16.4. The van der Waals surface area contributed by atoms with Gasteiger partial charge < -0.3 is 10.7 Å². The van der Waals surface area contributed by atoms with Crippen molar-refractivity contribution in [3.05, 3.63) is 50.5 Å². The van der Waals surface area contributed by atoms with Gasteiger partial charge in [-0.1, -0.05) is 39.1 Å². The van der Waals surface area contributed by atoms with Crippen LogP contribution < -0.4 is 5.73 Å². The molecule has 0 bridgehead atoms. The van der Waals surface area contributed by atoms with Crippen LogP contribution in [0.2, 0.25) is 10.0 Å². The van der Waals surface area contributed by atoms with Crippen molar-refractivity contribution in [2.45, 2.75) is 19.3 Å². The molecule has 0 atom stereocenters. The molecule has 120 valence electrons. The number of hydrogen-bond donors (Lipinski definition) is 2. The van der Waals surface area contributed by atoms with Crippen LogP contribution in [0.3, 0.4) is 0 Å². The average molecular weight is 413 g/mol. The number of aryl methyl sites for hydroxylation is 1. The number of fused-ring (bicyclic) bond motifs is 1. The van der Waals surface area contributed by atoms with E-state index in [1.165, 1.54) is 5.56 Å². The lowest BCUT2D eigenvalue weighted by Crippen LogP contribution is -1.99. The minimum Gasteiger partial charge on any atom is -0.352 e. The van der Waals surface area contributed by atoms with E-state index < -0.39 is 0 Å². The molecular weight excluding hydrogens is 397 g/mol. The maximum absolute atomic E-state index is 6.40. The van der Waals surface area contributed by atoms with Crippen LogP contribution in [0.4, 0.5) is 0 Å². The summed E-state index contributed by atoms with van der Waals surface area (Å²) in [6, 6.07) is 7.63. The first-order valence-electron chi connectivity index (χ1n) is 7.42. The number of nitrogens with one attached hydrogen (secondary N) is 1. The molecule has 0 aliphatic carbocycles. The van der Waals surface area contributed by atoms with Crippen molar-refractivity contribution in [3.63, 3.8) is 0 Å². The van der Waals surface area contributed by atoms with Gasteiger partial charge in [-0.3, -0.25) is 4.98 Å². The quantitative estimate of drug-likeness (QED) is 0.537. The third-order valence-electron chi connectivity index (χ3n) is 3.81. The Morgan fingerprint density at radius 3 is 2.74 bits per heavy atom. The Kier molecular flexibility index (Phi) is 5.27. The van der Waals surface area contributed by atoms with Gasteiger partial charge >= 0.3 is 0 Å². The van der Waals surface area contributed by atoms with Gasteiger partial charge in [0.2, 0.25) is 0 Å². The molecule has 0 aliphatic heterocycles. The van der Waals surface area contributed by atoms with Crippen LogP contribution in [0.1, 0.15) is 18.4 Å². The summed E-state index contributed by atoms with van der Waals surface area (Å²) in [7, 11) is 0. The molecule has 3 nitrogen and oxygen atoms in total. The van der Waals surface area contributed by atoms with Gasteiger partial charge in [-0.15, -0.1) is 0 Å². The molecule has 3 aromatic rings. The van der Waals surface area contributed by atoms with Crippen LogP contribution in [-0.4, -0.2) is 16.5 Å². The van der Waals surface area contributed by atoms with Crippen LogP contribution in [-0.2, 0) is 6.42 Å². The van der Waals surface area contributed by atoms with E-state index in [0.29, 0.717) is 16.6 Å². The van der Waals surface area contributed by atoms with E-state index in [1.54, 1.807) is 6.20 Å². The number of hydrogen-bond acceptors (Lipinski definition) is 2. The van der Waals surface area contributed by atoms with E-state index in [-0.39, 0.29) is 0 Å². The van der Waals surface area contributed by atoms with Crippen molar-refractivity contribution in [3.8, 4) is 11.4 Å². The first-order chi connectivity index (χ1) is 11.1. The van der Waals surface area contributed by atoms with Gasteiger partial charge in [0.25, 0.3) is 0 Å². The molecule has 0 amide bonds. The fourth-order valence-electron chi connectivity index (χ4n) is 2.75. The molecule has 0 aliphatic rings. The summed E-state index contributed by atoms with van der Waals surface area (Å²) in [6.07, 6.45) is 4.62. The zero-order valence-electron chi connectivity index (χ0n) is 12.4. The maximum atomic E-state index is 6.40. The second-order valence-electron chi connectivity index (χ2n) is 5.37. The summed E-state index contributed by atoms with van der Waals surface area (Å²) < 4.78 is 0.952. The Hall–Kier alpha value is -1.07. The van der Waals surface area contributed by atoms with Crippen molar-refractivity contribution in [1.82, 2.24) is 9.97 Å². The molecule has 1 aromatic carbocycles. The maximum Gasteiger partial charge on any atom is 0.105 e. The largest absolute Gasteiger partial charge is 0.352 e. The van der Waals surface area contributed by atoms with Crippen LogP contribution in [0.5, 0.6) is 0 Å². The SMILES string of the molecule is NCCCCc1c(-c2ncccc2Cl)[nH]c2c(Cl)cc(Br)cc12. The smallest absolute Gasteiger partial charge is 0.105 e. The third kappa shape index (κ3) is 3.41. The summed E-state index contributed by atoms with van der Waals surface area (Å²) >= 11 is 16.3. The van der Waals surface area contributed by atoms with Crippen LogP contribution in [0, 0.1) is 0 Å². The predicted molar refractivity (Wildman–Crippen MR) is 101 cm³/mol. The second kappa shape index (κ2) is 7.22. The van der Waals surface area contributed by atoms with Crippen molar-refractivity contribution >= 4 is 50.0 Å². The van der Waals surface area contributed by atoms with E-state index in [4.69, 9.17) is 28.9 Å². The van der Waals surface area contributed by atoms with Crippen molar-refractivity contribution in [1.29, 1.82) is 0 Å². The second-order valence-corrected chi connectivity index (χ2v) is 7.10. The molecule has 3 N–H and O–H groups in total. The number of H-pyrrole nitrogens is 1. The first kappa shape index (κ1) is 16.8. The summed E-state index contributed by atoms with van der Waals surface area (Å²) in [4.78, 5) is 7.85. The number of nitrogens with two attached hydrogens (primary N) is 1.